The number of nitrogens with zero attached hydrogens (tertiary/aromatic N) is 3. The van der Waals surface area contributed by atoms with E-state index in [0.29, 0.717) is 18.7 Å². The van der Waals surface area contributed by atoms with Crippen LogP contribution in [0.2, 0.25) is 0 Å². The second-order valence-corrected chi connectivity index (χ2v) is 10.8. The lowest BCUT2D eigenvalue weighted by atomic mass is 9.80. The van der Waals surface area contributed by atoms with Gasteiger partial charge in [0, 0.05) is 12.8 Å². The van der Waals surface area contributed by atoms with Crippen molar-refractivity contribution < 1.29 is 24.0 Å². The zero-order chi connectivity index (χ0) is 27.9. The zero-order valence-electron chi connectivity index (χ0n) is 24.0. The summed E-state index contributed by atoms with van der Waals surface area (Å²) in [5.41, 5.74) is 0. The van der Waals surface area contributed by atoms with Gasteiger partial charge in [-0.1, -0.05) is 97.3 Å². The minimum absolute atomic E-state index is 0.172. The molecule has 9 heteroatoms. The number of aryl methyl sites for hydroxylation is 1. The number of ether oxygens (including phenoxy) is 2. The third-order valence-electron chi connectivity index (χ3n) is 7.92. The SMILES string of the molecule is CCCCCCCCCCCC(C[C@@H]1OC(=O)[C@H]1CCCCCC)[C@@H](C(=O)OC)n1c([N+](=O)[O-])cnc1C. The third kappa shape index (κ3) is 9.38. The number of methoxy groups -OCH3 is 1. The molecule has 1 saturated heterocycles. The minimum atomic E-state index is -0.892. The average Bonchev–Trinajstić information content (AvgIpc) is 3.28. The first-order valence-electron chi connectivity index (χ1n) is 14.8. The summed E-state index contributed by atoms with van der Waals surface area (Å²) in [7, 11) is 1.31. The van der Waals surface area contributed by atoms with Crippen molar-refractivity contribution in [2.24, 2.45) is 11.8 Å². The molecule has 38 heavy (non-hydrogen) atoms. The quantitative estimate of drug-likeness (QED) is 0.0704. The molecule has 1 aromatic heterocycles. The Bertz CT molecular complexity index is 870. The molecule has 0 bridgehead atoms. The van der Waals surface area contributed by atoms with E-state index in [4.69, 9.17) is 9.47 Å². The van der Waals surface area contributed by atoms with Crippen LogP contribution in [0.1, 0.15) is 128 Å². The number of nitro groups is 1. The molecule has 0 N–H and O–H groups in total. The van der Waals surface area contributed by atoms with Crippen LogP contribution in [0.4, 0.5) is 5.82 Å². The molecule has 0 saturated carbocycles. The fourth-order valence-electron chi connectivity index (χ4n) is 5.68. The first-order chi connectivity index (χ1) is 18.3. The van der Waals surface area contributed by atoms with Gasteiger partial charge in [0.2, 0.25) is 6.04 Å². The Kier molecular flexibility index (Phi) is 14.4. The lowest BCUT2D eigenvalue weighted by molar-refractivity contribution is -0.392. The highest BCUT2D eigenvalue weighted by Crippen LogP contribution is 2.39. The number of hydrogen-bond acceptors (Lipinski definition) is 7. The Balaban J connectivity index is 2.14. The van der Waals surface area contributed by atoms with Gasteiger partial charge in [0.15, 0.2) is 5.82 Å². The highest BCUT2D eigenvalue weighted by Gasteiger charge is 2.47. The molecule has 0 radical (unpaired) electrons. The summed E-state index contributed by atoms with van der Waals surface area (Å²) in [5, 5.41) is 11.8. The van der Waals surface area contributed by atoms with Gasteiger partial charge in [-0.2, -0.15) is 4.57 Å². The predicted molar refractivity (Wildman–Crippen MR) is 147 cm³/mol. The smallest absolute Gasteiger partial charge is 0.351 e. The van der Waals surface area contributed by atoms with Crippen LogP contribution in [-0.2, 0) is 19.1 Å². The van der Waals surface area contributed by atoms with Crippen LogP contribution in [0.5, 0.6) is 0 Å². The van der Waals surface area contributed by atoms with E-state index in [2.05, 4.69) is 18.8 Å². The van der Waals surface area contributed by atoms with Crippen molar-refractivity contribution in [2.75, 3.05) is 7.11 Å². The average molecular weight is 536 g/mol. The lowest BCUT2D eigenvalue weighted by Gasteiger charge is -2.38. The predicted octanol–water partition coefficient (Wildman–Crippen LogP) is 7.25. The molecule has 1 aromatic rings. The van der Waals surface area contributed by atoms with Crippen LogP contribution in [0.25, 0.3) is 0 Å². The van der Waals surface area contributed by atoms with E-state index in [-0.39, 0.29) is 29.7 Å². The number of unbranched alkanes of at least 4 members (excludes halogenated alkanes) is 11. The summed E-state index contributed by atoms with van der Waals surface area (Å²) in [6.07, 6.45) is 17.8. The normalized spacial score (nSPS) is 18.5. The van der Waals surface area contributed by atoms with Crippen LogP contribution >= 0.6 is 0 Å². The summed E-state index contributed by atoms with van der Waals surface area (Å²) in [5.74, 6) is -0.972. The number of aromatic nitrogens is 2. The molecule has 1 aliphatic rings. The molecular formula is C29H49N3O6. The van der Waals surface area contributed by atoms with Gasteiger partial charge in [-0.15, -0.1) is 0 Å². The van der Waals surface area contributed by atoms with Gasteiger partial charge >= 0.3 is 17.8 Å². The third-order valence-corrected chi connectivity index (χ3v) is 7.92. The number of carbonyl (C=O) groups excluding carboxylic acids is 2. The van der Waals surface area contributed by atoms with Gasteiger partial charge in [-0.25, -0.2) is 9.78 Å². The maximum atomic E-state index is 13.1. The summed E-state index contributed by atoms with van der Waals surface area (Å²) < 4.78 is 12.1. The lowest BCUT2D eigenvalue weighted by Crippen LogP contribution is -2.47. The van der Waals surface area contributed by atoms with Gasteiger partial charge in [-0.3, -0.25) is 4.79 Å². The fraction of sp³-hybridized carbons (Fsp3) is 0.828. The number of imidazole rings is 1. The summed E-state index contributed by atoms with van der Waals surface area (Å²) in [6, 6.07) is -0.892. The van der Waals surface area contributed by atoms with E-state index in [9.17, 15) is 19.7 Å². The van der Waals surface area contributed by atoms with E-state index in [1.54, 1.807) is 6.92 Å². The Morgan fingerprint density at radius 1 is 1.05 bits per heavy atom. The standard InChI is InChI=1S/C29H49N3O6/c1-5-7-9-11-12-13-14-15-16-18-23(20-25-24(28(33)38-25)19-17-10-8-6-2)27(29(34)37-4)31-22(3)30-21-26(31)32(35)36/h21,23-25,27H,5-20H2,1-4H3/t23?,24-,25-,27-/m0/s1. The molecule has 1 unspecified atom stereocenters. The summed E-state index contributed by atoms with van der Waals surface area (Å²) in [4.78, 5) is 40.8. The molecular weight excluding hydrogens is 486 g/mol. The van der Waals surface area contributed by atoms with Crippen molar-refractivity contribution in [2.45, 2.75) is 136 Å². The molecule has 1 fully saturated rings. The van der Waals surface area contributed by atoms with Crippen LogP contribution in [0.15, 0.2) is 6.20 Å². The first kappa shape index (κ1) is 31.8. The zero-order valence-corrected chi connectivity index (χ0v) is 24.0. The minimum Gasteiger partial charge on any atom is -0.466 e. The monoisotopic (exact) mass is 535 g/mol. The van der Waals surface area contributed by atoms with E-state index in [0.717, 1.165) is 51.4 Å². The van der Waals surface area contributed by atoms with Crippen molar-refractivity contribution >= 4 is 17.8 Å². The molecule has 0 aromatic carbocycles. The van der Waals surface area contributed by atoms with E-state index in [1.165, 1.54) is 56.4 Å². The van der Waals surface area contributed by atoms with Crippen molar-refractivity contribution in [3.63, 3.8) is 0 Å². The van der Waals surface area contributed by atoms with Crippen molar-refractivity contribution in [3.8, 4) is 0 Å². The molecule has 1 aliphatic heterocycles. The fourth-order valence-corrected chi connectivity index (χ4v) is 5.68. The van der Waals surface area contributed by atoms with E-state index < -0.39 is 16.9 Å². The molecule has 216 valence electrons. The number of esters is 2. The maximum absolute atomic E-state index is 13.1. The van der Waals surface area contributed by atoms with Crippen LogP contribution in [0, 0.1) is 28.9 Å². The van der Waals surface area contributed by atoms with E-state index in [1.807, 2.05) is 0 Å². The van der Waals surface area contributed by atoms with Crippen LogP contribution in [0.3, 0.4) is 0 Å². The largest absolute Gasteiger partial charge is 0.466 e. The number of carbonyl (C=O) groups is 2. The second-order valence-electron chi connectivity index (χ2n) is 10.8. The Hall–Kier alpha value is -2.45. The molecule has 0 amide bonds. The highest BCUT2D eigenvalue weighted by molar-refractivity contribution is 5.78. The number of cyclic esters (lactones) is 1. The summed E-state index contributed by atoms with van der Waals surface area (Å²) >= 11 is 0. The van der Waals surface area contributed by atoms with Crippen molar-refractivity contribution in [1.29, 1.82) is 0 Å². The topological polar surface area (TPSA) is 114 Å². The van der Waals surface area contributed by atoms with Crippen LogP contribution < -0.4 is 0 Å². The van der Waals surface area contributed by atoms with Gasteiger partial charge in [0.25, 0.3) is 0 Å². The Morgan fingerprint density at radius 2 is 1.63 bits per heavy atom. The molecule has 4 atom stereocenters. The highest BCUT2D eigenvalue weighted by atomic mass is 16.6. The first-order valence-corrected chi connectivity index (χ1v) is 14.8. The molecule has 2 rings (SSSR count). The Morgan fingerprint density at radius 3 is 2.18 bits per heavy atom. The van der Waals surface area contributed by atoms with E-state index >= 15 is 0 Å². The van der Waals surface area contributed by atoms with Gasteiger partial charge in [-0.05, 0) is 24.2 Å². The number of rotatable bonds is 21. The van der Waals surface area contributed by atoms with Crippen molar-refractivity contribution in [3.05, 3.63) is 22.1 Å². The molecule has 9 nitrogen and oxygen atoms in total. The van der Waals surface area contributed by atoms with Crippen molar-refractivity contribution in [1.82, 2.24) is 9.55 Å². The van der Waals surface area contributed by atoms with Gasteiger partial charge in [0.1, 0.15) is 12.3 Å². The van der Waals surface area contributed by atoms with Crippen LogP contribution in [-0.4, -0.2) is 39.6 Å². The number of hydrogen-bond donors (Lipinski definition) is 0. The molecule has 2 heterocycles. The maximum Gasteiger partial charge on any atom is 0.351 e. The molecule has 0 aliphatic carbocycles. The second kappa shape index (κ2) is 17.2. The Labute approximate surface area is 228 Å². The molecule has 0 spiro atoms. The van der Waals surface area contributed by atoms with Gasteiger partial charge < -0.3 is 19.6 Å². The van der Waals surface area contributed by atoms with Gasteiger partial charge in [0.05, 0.1) is 13.0 Å². The summed E-state index contributed by atoms with van der Waals surface area (Å²) in [6.45, 7) is 6.04.